The first-order chi connectivity index (χ1) is 30.9. The summed E-state index contributed by atoms with van der Waals surface area (Å²) in [4.78, 5) is 4.88. The van der Waals surface area contributed by atoms with Gasteiger partial charge in [0, 0.05) is 38.8 Å². The summed E-state index contributed by atoms with van der Waals surface area (Å²) in [6, 6.07) is 59.7. The maximum atomic E-state index is 15.7. The minimum Gasteiger partial charge on any atom is -0.309 e. The molecule has 1 spiro atoms. The maximum absolute atomic E-state index is 15.7. The van der Waals surface area contributed by atoms with E-state index in [1.54, 1.807) is 12.1 Å². The van der Waals surface area contributed by atoms with Crippen LogP contribution in [0.2, 0.25) is 0 Å². The van der Waals surface area contributed by atoms with Gasteiger partial charge in [0.15, 0.2) is 0 Å². The van der Waals surface area contributed by atoms with Gasteiger partial charge in [-0.1, -0.05) is 129 Å². The lowest BCUT2D eigenvalue weighted by Gasteiger charge is -2.61. The fraction of sp³-hybridized carbons (Fsp3) is 0.233. The molecule has 0 aliphatic heterocycles. The van der Waals surface area contributed by atoms with Gasteiger partial charge in [0.25, 0.3) is 0 Å². The van der Waals surface area contributed by atoms with Gasteiger partial charge in [0.2, 0.25) is 0 Å². The van der Waals surface area contributed by atoms with E-state index in [4.69, 9.17) is 0 Å². The van der Waals surface area contributed by atoms with Crippen molar-refractivity contribution >= 4 is 66.4 Å². The molecule has 0 saturated heterocycles. The first kappa shape index (κ1) is 37.1. The lowest BCUT2D eigenvalue weighted by Crippen LogP contribution is -2.55. The third-order valence-electron chi connectivity index (χ3n) is 16.1. The molecule has 5 aliphatic carbocycles. The molecule has 63 heavy (non-hydrogen) atoms. The molecule has 0 amide bonds. The van der Waals surface area contributed by atoms with Crippen LogP contribution in [-0.4, -0.2) is 0 Å². The number of aryl methyl sites for hydroxylation is 1. The maximum Gasteiger partial charge on any atom is 0.125 e. The highest BCUT2D eigenvalue weighted by molar-refractivity contribution is 6.28. The van der Waals surface area contributed by atoms with Gasteiger partial charge in [-0.05, 0) is 167 Å². The van der Waals surface area contributed by atoms with Crippen molar-refractivity contribution in [3.05, 3.63) is 192 Å². The number of hydrogen-bond donors (Lipinski definition) is 0. The van der Waals surface area contributed by atoms with Crippen molar-refractivity contribution < 1.29 is 4.39 Å². The van der Waals surface area contributed by atoms with Crippen LogP contribution in [0.5, 0.6) is 0 Å². The molecule has 3 heteroatoms. The Morgan fingerprint density at radius 3 is 1.76 bits per heavy atom. The summed E-state index contributed by atoms with van der Waals surface area (Å²) in [7, 11) is 0. The van der Waals surface area contributed by atoms with E-state index in [1.807, 2.05) is 6.07 Å². The molecular formula is C60H51FN2. The SMILES string of the molecule is Cc1ccccc1N(c1ccccc1C(C)C)c1ccc2ccc3c(N(c4cccc(F)c4)c4cccc5c4-c4ccccc4C54C5CC6CC(C5)CC4C6)ccc4ccc1c2c43. The summed E-state index contributed by atoms with van der Waals surface area (Å²) in [5.74, 6) is 3.16. The van der Waals surface area contributed by atoms with Crippen LogP contribution in [0.25, 0.3) is 43.4 Å². The Kier molecular flexibility index (Phi) is 8.12. The molecule has 9 aromatic rings. The number of para-hydroxylation sites is 2. The van der Waals surface area contributed by atoms with Crippen molar-refractivity contribution in [3.63, 3.8) is 0 Å². The van der Waals surface area contributed by atoms with Crippen LogP contribution in [-0.2, 0) is 5.41 Å². The molecule has 2 nitrogen and oxygen atoms in total. The average Bonchev–Trinajstić information content (AvgIpc) is 3.60. The molecule has 0 aromatic heterocycles. The Hall–Kier alpha value is -6.45. The lowest BCUT2D eigenvalue weighted by atomic mass is 9.43. The van der Waals surface area contributed by atoms with Crippen molar-refractivity contribution in [3.8, 4) is 11.1 Å². The standard InChI is InChI=1S/C60H51FN2/c1-36(2)46-15-6-9-20-53(46)63(52-19-8-4-12-37(52)3)55-29-25-41-22-26-48-54(28-24-40-23-27-49(55)58(41)57(40)48)62(45-14-10-13-44(61)35-45)56-21-11-18-51-59(56)47-16-5-7-17-50(47)60(51)42-31-38-30-39(33-42)34-43(60)32-38/h4-29,35-36,38-39,42-43H,30-34H2,1-3H3. The molecule has 14 rings (SSSR count). The van der Waals surface area contributed by atoms with Crippen molar-refractivity contribution in [2.24, 2.45) is 23.7 Å². The normalized spacial score (nSPS) is 21.9. The third-order valence-corrected chi connectivity index (χ3v) is 16.1. The summed E-state index contributed by atoms with van der Waals surface area (Å²) in [6.45, 7) is 6.79. The average molecular weight is 819 g/mol. The van der Waals surface area contributed by atoms with Crippen molar-refractivity contribution in [2.75, 3.05) is 9.80 Å². The molecule has 308 valence electrons. The summed E-state index contributed by atoms with van der Waals surface area (Å²) < 4.78 is 15.7. The van der Waals surface area contributed by atoms with Crippen LogP contribution in [0.1, 0.15) is 74.1 Å². The van der Waals surface area contributed by atoms with E-state index in [2.05, 4.69) is 176 Å². The second kappa shape index (κ2) is 13.8. The number of fused-ring (bicyclic) bond motifs is 3. The highest BCUT2D eigenvalue weighted by Crippen LogP contribution is 2.70. The van der Waals surface area contributed by atoms with Gasteiger partial charge in [0.1, 0.15) is 5.82 Å². The zero-order chi connectivity index (χ0) is 42.1. The number of anilines is 6. The van der Waals surface area contributed by atoms with Gasteiger partial charge in [0.05, 0.1) is 17.1 Å². The molecule has 0 radical (unpaired) electrons. The van der Waals surface area contributed by atoms with Gasteiger partial charge < -0.3 is 9.80 Å². The molecule has 5 aliphatic rings. The van der Waals surface area contributed by atoms with Gasteiger partial charge >= 0.3 is 0 Å². The predicted molar refractivity (Wildman–Crippen MR) is 262 cm³/mol. The van der Waals surface area contributed by atoms with Gasteiger partial charge in [-0.25, -0.2) is 4.39 Å². The molecule has 4 fully saturated rings. The molecule has 0 unspecified atom stereocenters. The van der Waals surface area contributed by atoms with Crippen molar-refractivity contribution in [2.45, 2.75) is 64.2 Å². The number of halogens is 1. The zero-order valence-corrected chi connectivity index (χ0v) is 36.3. The first-order valence-corrected chi connectivity index (χ1v) is 23.3. The van der Waals surface area contributed by atoms with Crippen LogP contribution < -0.4 is 9.80 Å². The monoisotopic (exact) mass is 818 g/mol. The minimum atomic E-state index is -0.233. The van der Waals surface area contributed by atoms with E-state index in [0.29, 0.717) is 17.8 Å². The van der Waals surface area contributed by atoms with Crippen molar-refractivity contribution in [1.82, 2.24) is 0 Å². The molecule has 0 atom stereocenters. The largest absolute Gasteiger partial charge is 0.309 e. The fourth-order valence-electron chi connectivity index (χ4n) is 13.9. The molecule has 0 N–H and O–H groups in total. The van der Waals surface area contributed by atoms with E-state index in [9.17, 15) is 0 Å². The Bertz CT molecular complexity index is 3260. The second-order valence-electron chi connectivity index (χ2n) is 19.7. The Morgan fingerprint density at radius 1 is 0.508 bits per heavy atom. The van der Waals surface area contributed by atoms with Crippen LogP contribution >= 0.6 is 0 Å². The zero-order valence-electron chi connectivity index (χ0n) is 36.3. The topological polar surface area (TPSA) is 6.48 Å². The van der Waals surface area contributed by atoms with E-state index in [-0.39, 0.29) is 11.2 Å². The van der Waals surface area contributed by atoms with E-state index in [0.717, 1.165) is 40.0 Å². The predicted octanol–water partition coefficient (Wildman–Crippen LogP) is 16.8. The smallest absolute Gasteiger partial charge is 0.125 e. The van der Waals surface area contributed by atoms with Gasteiger partial charge in [-0.3, -0.25) is 0 Å². The highest BCUT2D eigenvalue weighted by Gasteiger charge is 2.62. The van der Waals surface area contributed by atoms with Crippen LogP contribution in [0.4, 0.5) is 38.5 Å². The third kappa shape index (κ3) is 5.23. The summed E-state index contributed by atoms with van der Waals surface area (Å²) in [5.41, 5.74) is 14.8. The number of nitrogens with zero attached hydrogens (tertiary/aromatic N) is 2. The summed E-state index contributed by atoms with van der Waals surface area (Å²) >= 11 is 0. The Morgan fingerprint density at radius 2 is 1.08 bits per heavy atom. The molecule has 4 saturated carbocycles. The molecule has 9 aromatic carbocycles. The fourth-order valence-corrected chi connectivity index (χ4v) is 13.9. The lowest BCUT2D eigenvalue weighted by molar-refractivity contribution is -0.0399. The number of benzene rings is 9. The minimum absolute atomic E-state index is 0.0270. The second-order valence-corrected chi connectivity index (χ2v) is 19.7. The Labute approximate surface area is 370 Å². The van der Waals surface area contributed by atoms with Crippen LogP contribution in [0.3, 0.4) is 0 Å². The summed E-state index contributed by atoms with van der Waals surface area (Å²) in [6.07, 6.45) is 6.76. The van der Waals surface area contributed by atoms with Crippen LogP contribution in [0.15, 0.2) is 164 Å². The van der Waals surface area contributed by atoms with E-state index in [1.165, 1.54) is 104 Å². The van der Waals surface area contributed by atoms with E-state index >= 15 is 4.39 Å². The first-order valence-electron chi connectivity index (χ1n) is 23.3. The van der Waals surface area contributed by atoms with Crippen molar-refractivity contribution in [1.29, 1.82) is 0 Å². The highest BCUT2D eigenvalue weighted by atomic mass is 19.1. The Balaban J connectivity index is 1.07. The molecule has 0 heterocycles. The molecular weight excluding hydrogens is 768 g/mol. The quantitative estimate of drug-likeness (QED) is 0.148. The van der Waals surface area contributed by atoms with Crippen LogP contribution in [0, 0.1) is 36.4 Å². The van der Waals surface area contributed by atoms with Gasteiger partial charge in [-0.15, -0.1) is 0 Å². The van der Waals surface area contributed by atoms with E-state index < -0.39 is 0 Å². The summed E-state index contributed by atoms with van der Waals surface area (Å²) in [5, 5.41) is 7.26. The molecule has 4 bridgehead atoms. The number of hydrogen-bond acceptors (Lipinski definition) is 2. The van der Waals surface area contributed by atoms with Gasteiger partial charge in [-0.2, -0.15) is 0 Å². The number of rotatable bonds is 7.